The minimum Gasteiger partial charge on any atom is -0.444 e. The largest absolute Gasteiger partial charge is 0.444 e. The summed E-state index contributed by atoms with van der Waals surface area (Å²) in [4.78, 5) is 29.0. The highest BCUT2D eigenvalue weighted by molar-refractivity contribution is 5.83. The molecule has 0 aromatic heterocycles. The van der Waals surface area contributed by atoms with Crippen LogP contribution in [-0.4, -0.2) is 66.9 Å². The predicted octanol–water partition coefficient (Wildman–Crippen LogP) is 2.39. The van der Waals surface area contributed by atoms with Crippen molar-refractivity contribution in [3.63, 3.8) is 0 Å². The summed E-state index contributed by atoms with van der Waals surface area (Å²) in [6, 6.07) is 9.18. The molecule has 27 heavy (non-hydrogen) atoms. The third kappa shape index (κ3) is 5.94. The van der Waals surface area contributed by atoms with Crippen LogP contribution in [0.5, 0.6) is 0 Å². The normalized spacial score (nSPS) is 19.4. The quantitative estimate of drug-likeness (QED) is 0.798. The average molecular weight is 377 g/mol. The van der Waals surface area contributed by atoms with Crippen molar-refractivity contribution in [2.75, 3.05) is 33.5 Å². The molecule has 150 valence electrons. The molecule has 1 aliphatic rings. The molecular formula is C20H31N3O4. The number of benzene rings is 1. The summed E-state index contributed by atoms with van der Waals surface area (Å²) in [6.07, 6.45) is -0.310. The maximum Gasteiger partial charge on any atom is 0.410 e. The Kier molecular flexibility index (Phi) is 7.21. The summed E-state index contributed by atoms with van der Waals surface area (Å²) >= 11 is 0. The molecule has 2 atom stereocenters. The van der Waals surface area contributed by atoms with Gasteiger partial charge in [-0.15, -0.1) is 0 Å². The van der Waals surface area contributed by atoms with E-state index in [-0.39, 0.29) is 24.8 Å². The van der Waals surface area contributed by atoms with E-state index in [0.29, 0.717) is 19.6 Å². The zero-order valence-corrected chi connectivity index (χ0v) is 16.9. The molecule has 0 saturated carbocycles. The van der Waals surface area contributed by atoms with Gasteiger partial charge in [0.25, 0.3) is 0 Å². The van der Waals surface area contributed by atoms with E-state index in [4.69, 9.17) is 9.47 Å². The van der Waals surface area contributed by atoms with Crippen molar-refractivity contribution in [3.8, 4) is 0 Å². The van der Waals surface area contributed by atoms with Gasteiger partial charge in [-0.05, 0) is 33.3 Å². The lowest BCUT2D eigenvalue weighted by molar-refractivity contribution is -0.129. The second-order valence-corrected chi connectivity index (χ2v) is 7.80. The molecule has 7 heteroatoms. The maximum absolute atomic E-state index is 12.8. The monoisotopic (exact) mass is 377 g/mol. The number of piperazine rings is 1. The standard InChI is InChI=1S/C20H31N3O4/c1-15-13-22(11-12-23(15)19(25)27-20(2,3)4)17(18(24)21-14-26-5)16-9-7-6-8-10-16/h6-10,15,17H,11-14H2,1-5H3,(H,21,24)/t15?,17-/m0/s1. The van der Waals surface area contributed by atoms with Crippen LogP contribution in [0, 0.1) is 0 Å². The molecule has 2 rings (SSSR count). The number of hydrogen-bond acceptors (Lipinski definition) is 5. The van der Waals surface area contributed by atoms with E-state index in [2.05, 4.69) is 10.2 Å². The van der Waals surface area contributed by atoms with Crippen LogP contribution in [-0.2, 0) is 14.3 Å². The molecule has 1 saturated heterocycles. The molecule has 0 bridgehead atoms. The van der Waals surface area contributed by atoms with Crippen molar-refractivity contribution in [1.29, 1.82) is 0 Å². The van der Waals surface area contributed by atoms with Gasteiger partial charge in [0.15, 0.2) is 0 Å². The van der Waals surface area contributed by atoms with Crippen LogP contribution in [0.15, 0.2) is 30.3 Å². The van der Waals surface area contributed by atoms with Crippen LogP contribution < -0.4 is 5.32 Å². The van der Waals surface area contributed by atoms with E-state index < -0.39 is 11.6 Å². The van der Waals surface area contributed by atoms with Crippen LogP contribution in [0.25, 0.3) is 0 Å². The van der Waals surface area contributed by atoms with Gasteiger partial charge in [0, 0.05) is 32.8 Å². The Morgan fingerprint density at radius 3 is 2.44 bits per heavy atom. The Morgan fingerprint density at radius 1 is 1.22 bits per heavy atom. The number of amides is 2. The van der Waals surface area contributed by atoms with Crippen molar-refractivity contribution in [1.82, 2.24) is 15.1 Å². The fraction of sp³-hybridized carbons (Fsp3) is 0.600. The van der Waals surface area contributed by atoms with Gasteiger partial charge in [-0.25, -0.2) is 4.79 Å². The highest BCUT2D eigenvalue weighted by atomic mass is 16.6. The van der Waals surface area contributed by atoms with Gasteiger partial charge in [-0.3, -0.25) is 9.69 Å². The summed E-state index contributed by atoms with van der Waals surface area (Å²) in [6.45, 7) is 9.40. The topological polar surface area (TPSA) is 71.1 Å². The number of rotatable bonds is 5. The minimum atomic E-state index is -0.527. The van der Waals surface area contributed by atoms with Crippen molar-refractivity contribution >= 4 is 12.0 Å². The summed E-state index contributed by atoms with van der Waals surface area (Å²) in [5, 5.41) is 2.80. The lowest BCUT2D eigenvalue weighted by Gasteiger charge is -2.42. The number of carbonyl (C=O) groups is 2. The zero-order valence-electron chi connectivity index (χ0n) is 16.9. The third-order valence-electron chi connectivity index (χ3n) is 4.41. The van der Waals surface area contributed by atoms with Crippen molar-refractivity contribution in [2.45, 2.75) is 45.4 Å². The van der Waals surface area contributed by atoms with Crippen molar-refractivity contribution in [2.24, 2.45) is 0 Å². The first-order valence-corrected chi connectivity index (χ1v) is 9.28. The van der Waals surface area contributed by atoms with E-state index >= 15 is 0 Å². The highest BCUT2D eigenvalue weighted by Crippen LogP contribution is 2.25. The van der Waals surface area contributed by atoms with Crippen molar-refractivity contribution < 1.29 is 19.1 Å². The number of hydrogen-bond donors (Lipinski definition) is 1. The van der Waals surface area contributed by atoms with Crippen LogP contribution in [0.2, 0.25) is 0 Å². The molecule has 1 aromatic rings. The maximum atomic E-state index is 12.8. The van der Waals surface area contributed by atoms with E-state index in [0.717, 1.165) is 5.56 Å². The molecule has 0 spiro atoms. The number of methoxy groups -OCH3 is 1. The molecule has 1 heterocycles. The highest BCUT2D eigenvalue weighted by Gasteiger charge is 2.36. The first-order valence-electron chi connectivity index (χ1n) is 9.28. The summed E-state index contributed by atoms with van der Waals surface area (Å²) < 4.78 is 10.5. The molecule has 0 radical (unpaired) electrons. The Bertz CT molecular complexity index is 630. The van der Waals surface area contributed by atoms with Gasteiger partial charge in [0.1, 0.15) is 18.4 Å². The van der Waals surface area contributed by atoms with Crippen LogP contribution in [0.4, 0.5) is 4.79 Å². The predicted molar refractivity (Wildman–Crippen MR) is 103 cm³/mol. The summed E-state index contributed by atoms with van der Waals surface area (Å²) in [7, 11) is 1.54. The number of carbonyl (C=O) groups excluding carboxylic acids is 2. The first kappa shape index (κ1) is 21.2. The van der Waals surface area contributed by atoms with Crippen LogP contribution in [0.3, 0.4) is 0 Å². The second-order valence-electron chi connectivity index (χ2n) is 7.80. The Balaban J connectivity index is 2.12. The lowest BCUT2D eigenvalue weighted by atomic mass is 10.0. The van der Waals surface area contributed by atoms with Crippen molar-refractivity contribution in [3.05, 3.63) is 35.9 Å². The molecule has 1 fully saturated rings. The Morgan fingerprint density at radius 2 is 1.89 bits per heavy atom. The second kappa shape index (κ2) is 9.19. The van der Waals surface area contributed by atoms with E-state index in [9.17, 15) is 9.59 Å². The zero-order chi connectivity index (χ0) is 20.0. The molecule has 7 nitrogen and oxygen atoms in total. The van der Waals surface area contributed by atoms with Gasteiger partial charge in [-0.2, -0.15) is 0 Å². The smallest absolute Gasteiger partial charge is 0.410 e. The summed E-state index contributed by atoms with van der Waals surface area (Å²) in [5.74, 6) is -0.110. The SMILES string of the molecule is COCNC(=O)[C@H](c1ccccc1)N1CCN(C(=O)OC(C)(C)C)C(C)C1. The van der Waals surface area contributed by atoms with Gasteiger partial charge in [-0.1, -0.05) is 30.3 Å². The number of ether oxygens (including phenoxy) is 2. The first-order chi connectivity index (χ1) is 12.7. The minimum absolute atomic E-state index is 0.0602. The third-order valence-corrected chi connectivity index (χ3v) is 4.41. The molecule has 1 N–H and O–H groups in total. The van der Waals surface area contributed by atoms with Gasteiger partial charge in [0.2, 0.25) is 5.91 Å². The Labute approximate surface area is 161 Å². The molecule has 1 aromatic carbocycles. The average Bonchev–Trinajstić information content (AvgIpc) is 2.59. The number of nitrogens with zero attached hydrogens (tertiary/aromatic N) is 2. The van der Waals surface area contributed by atoms with Gasteiger partial charge in [0.05, 0.1) is 0 Å². The molecule has 0 aliphatic carbocycles. The molecular weight excluding hydrogens is 346 g/mol. The van der Waals surface area contributed by atoms with Gasteiger partial charge < -0.3 is 19.7 Å². The Hall–Kier alpha value is -2.12. The fourth-order valence-electron chi connectivity index (χ4n) is 3.22. The summed E-state index contributed by atoms with van der Waals surface area (Å²) in [5.41, 5.74) is 0.393. The van der Waals surface area contributed by atoms with Crippen LogP contribution in [0.1, 0.15) is 39.3 Å². The van der Waals surface area contributed by atoms with E-state index in [1.165, 1.54) is 0 Å². The molecule has 2 amide bonds. The molecule has 1 aliphatic heterocycles. The molecule has 1 unspecified atom stereocenters. The van der Waals surface area contributed by atoms with E-state index in [1.807, 2.05) is 58.0 Å². The fourth-order valence-corrected chi connectivity index (χ4v) is 3.22. The van der Waals surface area contributed by atoms with Gasteiger partial charge >= 0.3 is 6.09 Å². The number of nitrogens with one attached hydrogen (secondary N) is 1. The van der Waals surface area contributed by atoms with E-state index in [1.54, 1.807) is 12.0 Å². The lowest BCUT2D eigenvalue weighted by Crippen LogP contribution is -2.57. The van der Waals surface area contributed by atoms with Crippen LogP contribution >= 0.6 is 0 Å².